The van der Waals surface area contributed by atoms with E-state index < -0.39 is 32.9 Å². The molecule has 132 valence electrons. The van der Waals surface area contributed by atoms with Crippen molar-refractivity contribution in [2.45, 2.75) is 12.5 Å². The number of carbonyl (C=O) groups is 3. The Morgan fingerprint density at radius 3 is 2.88 bits per heavy atom. The van der Waals surface area contributed by atoms with Gasteiger partial charge in [-0.15, -0.1) is 0 Å². The highest BCUT2D eigenvalue weighted by molar-refractivity contribution is 8.18. The van der Waals surface area contributed by atoms with Crippen LogP contribution < -0.4 is 5.32 Å². The first-order valence-corrected chi connectivity index (χ1v) is 9.86. The average molecular weight is 382 g/mol. The molecule has 0 saturated carbocycles. The van der Waals surface area contributed by atoms with Gasteiger partial charge in [0.05, 0.1) is 23.0 Å². The highest BCUT2D eigenvalue weighted by Crippen LogP contribution is 2.32. The Labute approximate surface area is 147 Å². The van der Waals surface area contributed by atoms with E-state index in [2.05, 4.69) is 5.32 Å². The molecule has 1 fully saturated rings. The summed E-state index contributed by atoms with van der Waals surface area (Å²) in [5, 5.41) is 3.15. The minimum Gasteiger partial charge on any atom is -0.465 e. The first-order chi connectivity index (χ1) is 11.8. The third-order valence-corrected chi connectivity index (χ3v) is 5.83. The molecule has 8 nitrogen and oxygen atoms in total. The Kier molecular flexibility index (Phi) is 4.82. The van der Waals surface area contributed by atoms with Crippen molar-refractivity contribution >= 4 is 44.7 Å². The predicted molar refractivity (Wildman–Crippen MR) is 90.9 cm³/mol. The van der Waals surface area contributed by atoms with E-state index in [0.29, 0.717) is 5.76 Å². The lowest BCUT2D eigenvalue weighted by molar-refractivity contribution is -0.124. The smallest absolute Gasteiger partial charge is 0.293 e. The molecule has 3 heterocycles. The molecule has 1 unspecified atom stereocenters. The molecule has 2 aliphatic heterocycles. The number of carbonyl (C=O) groups excluding carboxylic acids is 3. The van der Waals surface area contributed by atoms with Crippen molar-refractivity contribution in [1.82, 2.24) is 10.2 Å². The Morgan fingerprint density at radius 2 is 2.24 bits per heavy atom. The molecular weight excluding hydrogens is 368 g/mol. The fourth-order valence-electron chi connectivity index (χ4n) is 2.35. The molecule has 0 radical (unpaired) electrons. The Hall–Kier alpha value is -2.33. The summed E-state index contributed by atoms with van der Waals surface area (Å²) in [6, 6.07) is 2.74. The van der Waals surface area contributed by atoms with Crippen LogP contribution in [0.2, 0.25) is 0 Å². The topological polar surface area (TPSA) is 114 Å². The van der Waals surface area contributed by atoms with Crippen LogP contribution in [0.4, 0.5) is 4.79 Å². The van der Waals surface area contributed by atoms with Crippen LogP contribution in [0.25, 0.3) is 6.08 Å². The maximum Gasteiger partial charge on any atom is 0.293 e. The molecule has 3 rings (SSSR count). The van der Waals surface area contributed by atoms with E-state index in [1.807, 2.05) is 0 Å². The number of furan rings is 1. The monoisotopic (exact) mass is 382 g/mol. The van der Waals surface area contributed by atoms with Gasteiger partial charge in [-0.25, -0.2) is 8.42 Å². The maximum absolute atomic E-state index is 12.2. The second kappa shape index (κ2) is 6.89. The first kappa shape index (κ1) is 17.5. The summed E-state index contributed by atoms with van der Waals surface area (Å²) in [5.74, 6) is -0.632. The Morgan fingerprint density at radius 1 is 1.44 bits per heavy atom. The van der Waals surface area contributed by atoms with Gasteiger partial charge >= 0.3 is 0 Å². The molecule has 1 aromatic heterocycles. The Bertz CT molecular complexity index is 870. The van der Waals surface area contributed by atoms with Crippen molar-refractivity contribution in [3.8, 4) is 0 Å². The van der Waals surface area contributed by atoms with Gasteiger partial charge in [0.1, 0.15) is 5.76 Å². The van der Waals surface area contributed by atoms with Gasteiger partial charge in [-0.05, 0) is 30.0 Å². The number of amides is 3. The number of imide groups is 1. The first-order valence-electron chi connectivity index (χ1n) is 7.33. The van der Waals surface area contributed by atoms with Crippen molar-refractivity contribution < 1.29 is 27.2 Å². The number of sulfone groups is 1. The third kappa shape index (κ3) is 4.20. The standard InChI is InChI=1S/C15H14N2O6S2/c18-13(16-10-4-7-25(21,22)9-10)3-5-17-14(19)12(24-15(17)20)8-11-2-1-6-23-11/h1-2,4,6-8,10H,3,5,9H2,(H,16,18)/b12-8-. The summed E-state index contributed by atoms with van der Waals surface area (Å²) >= 11 is 0.781. The molecule has 3 amide bonds. The van der Waals surface area contributed by atoms with E-state index in [-0.39, 0.29) is 23.6 Å². The van der Waals surface area contributed by atoms with Crippen LogP contribution in [0, 0.1) is 0 Å². The molecule has 25 heavy (non-hydrogen) atoms. The van der Waals surface area contributed by atoms with Crippen molar-refractivity contribution in [1.29, 1.82) is 0 Å². The molecule has 1 aromatic rings. The quantitative estimate of drug-likeness (QED) is 0.759. The average Bonchev–Trinajstić information content (AvgIpc) is 3.21. The molecule has 1 saturated heterocycles. The minimum absolute atomic E-state index is 0.0742. The molecule has 0 bridgehead atoms. The highest BCUT2D eigenvalue weighted by Gasteiger charge is 2.35. The van der Waals surface area contributed by atoms with Gasteiger partial charge < -0.3 is 9.73 Å². The molecular formula is C15H14N2O6S2. The van der Waals surface area contributed by atoms with Crippen LogP contribution in [-0.2, 0) is 19.4 Å². The van der Waals surface area contributed by atoms with Gasteiger partial charge in [0, 0.05) is 24.4 Å². The highest BCUT2D eigenvalue weighted by atomic mass is 32.2. The fourth-order valence-corrected chi connectivity index (χ4v) is 4.43. The van der Waals surface area contributed by atoms with Crippen molar-refractivity contribution in [3.63, 3.8) is 0 Å². The lowest BCUT2D eigenvalue weighted by atomic mass is 10.3. The van der Waals surface area contributed by atoms with Crippen LogP contribution in [-0.4, -0.2) is 48.7 Å². The summed E-state index contributed by atoms with van der Waals surface area (Å²) < 4.78 is 27.7. The van der Waals surface area contributed by atoms with Gasteiger partial charge in [0.2, 0.25) is 5.91 Å². The zero-order valence-electron chi connectivity index (χ0n) is 12.9. The summed E-state index contributed by atoms with van der Waals surface area (Å²) in [6.45, 7) is -0.0742. The van der Waals surface area contributed by atoms with E-state index in [1.54, 1.807) is 12.1 Å². The maximum atomic E-state index is 12.2. The second-order valence-electron chi connectivity index (χ2n) is 5.43. The van der Waals surface area contributed by atoms with Crippen LogP contribution in [0.1, 0.15) is 12.2 Å². The van der Waals surface area contributed by atoms with Crippen LogP contribution in [0.5, 0.6) is 0 Å². The van der Waals surface area contributed by atoms with E-state index in [0.717, 1.165) is 22.1 Å². The molecule has 0 aromatic carbocycles. The molecule has 1 N–H and O–H groups in total. The van der Waals surface area contributed by atoms with Crippen molar-refractivity contribution in [3.05, 3.63) is 40.5 Å². The Balaban J connectivity index is 1.54. The van der Waals surface area contributed by atoms with Crippen LogP contribution in [0.3, 0.4) is 0 Å². The number of nitrogens with one attached hydrogen (secondary N) is 1. The summed E-state index contributed by atoms with van der Waals surface area (Å²) in [5.41, 5.74) is 0. The van der Waals surface area contributed by atoms with E-state index in [9.17, 15) is 22.8 Å². The van der Waals surface area contributed by atoms with Gasteiger partial charge in [-0.3, -0.25) is 19.3 Å². The molecule has 0 aliphatic carbocycles. The SMILES string of the molecule is O=C(CCN1C(=O)S/C(=C\c2ccco2)C1=O)NC1C=CS(=O)(=O)C1. The lowest BCUT2D eigenvalue weighted by Gasteiger charge is -2.14. The summed E-state index contributed by atoms with van der Waals surface area (Å²) in [7, 11) is -3.26. The van der Waals surface area contributed by atoms with Crippen LogP contribution >= 0.6 is 11.8 Å². The number of thioether (sulfide) groups is 1. The van der Waals surface area contributed by atoms with Gasteiger partial charge in [0.25, 0.3) is 11.1 Å². The normalized spacial score (nSPS) is 23.6. The summed E-state index contributed by atoms with van der Waals surface area (Å²) in [4.78, 5) is 37.3. The van der Waals surface area contributed by atoms with Crippen molar-refractivity contribution in [2.75, 3.05) is 12.3 Å². The zero-order chi connectivity index (χ0) is 18.0. The fraction of sp³-hybridized carbons (Fsp3) is 0.267. The number of hydrogen-bond donors (Lipinski definition) is 1. The van der Waals surface area contributed by atoms with Crippen LogP contribution in [0.15, 0.2) is 39.2 Å². The molecule has 1 atom stereocenters. The molecule has 10 heteroatoms. The number of nitrogens with zero attached hydrogens (tertiary/aromatic N) is 1. The van der Waals surface area contributed by atoms with Gasteiger partial charge in [-0.2, -0.15) is 0 Å². The third-order valence-electron chi connectivity index (χ3n) is 3.53. The summed E-state index contributed by atoms with van der Waals surface area (Å²) in [6.07, 6.45) is 4.23. The number of hydrogen-bond acceptors (Lipinski definition) is 7. The molecule has 2 aliphatic rings. The van der Waals surface area contributed by atoms with Gasteiger partial charge in [0.15, 0.2) is 9.84 Å². The largest absolute Gasteiger partial charge is 0.465 e. The van der Waals surface area contributed by atoms with Gasteiger partial charge in [-0.1, -0.05) is 0 Å². The van der Waals surface area contributed by atoms with E-state index in [1.165, 1.54) is 18.4 Å². The van der Waals surface area contributed by atoms with E-state index in [4.69, 9.17) is 4.42 Å². The minimum atomic E-state index is -3.26. The van der Waals surface area contributed by atoms with Crippen molar-refractivity contribution in [2.24, 2.45) is 0 Å². The van der Waals surface area contributed by atoms with E-state index >= 15 is 0 Å². The lowest BCUT2D eigenvalue weighted by Crippen LogP contribution is -2.38. The predicted octanol–water partition coefficient (Wildman–Crippen LogP) is 1.13. The second-order valence-corrected chi connectivity index (χ2v) is 8.36. The zero-order valence-corrected chi connectivity index (χ0v) is 14.5. The number of rotatable bonds is 5. The molecule has 0 spiro atoms.